The summed E-state index contributed by atoms with van der Waals surface area (Å²) in [6, 6.07) is 8.56. The van der Waals surface area contributed by atoms with Crippen LogP contribution in [0, 0.1) is 13.8 Å². The Hall–Kier alpha value is -1.59. The number of nitrogens with zero attached hydrogens (tertiary/aromatic N) is 2. The van der Waals surface area contributed by atoms with Crippen LogP contribution in [-0.2, 0) is 6.54 Å². The van der Waals surface area contributed by atoms with Crippen LogP contribution in [0.5, 0.6) is 5.75 Å². The molecule has 1 fully saturated rings. The standard InChI is InChI=1S/C20H29N3OS/c1-16-17(2)25-20(22-16)21-10-7-13-24-19-9-6-8-18(14-19)15-23-11-4-3-5-12-23/h6,8-9,14H,3-5,7,10-13,15H2,1-2H3,(H,21,22). The van der Waals surface area contributed by atoms with Crippen molar-refractivity contribution in [1.29, 1.82) is 0 Å². The number of aryl methyl sites for hydroxylation is 2. The first-order valence-electron chi connectivity index (χ1n) is 9.33. The Balaban J connectivity index is 1.38. The van der Waals surface area contributed by atoms with Crippen LogP contribution >= 0.6 is 11.3 Å². The molecule has 2 heterocycles. The molecule has 1 aromatic heterocycles. The minimum absolute atomic E-state index is 0.726. The second-order valence-electron chi connectivity index (χ2n) is 6.77. The lowest BCUT2D eigenvalue weighted by Crippen LogP contribution is -2.29. The zero-order chi connectivity index (χ0) is 17.5. The number of nitrogens with one attached hydrogen (secondary N) is 1. The number of aromatic nitrogens is 1. The highest BCUT2D eigenvalue weighted by Crippen LogP contribution is 2.21. The fraction of sp³-hybridized carbons (Fsp3) is 0.550. The van der Waals surface area contributed by atoms with E-state index in [1.54, 1.807) is 11.3 Å². The quantitative estimate of drug-likeness (QED) is 0.698. The van der Waals surface area contributed by atoms with Crippen molar-refractivity contribution in [2.45, 2.75) is 46.1 Å². The molecule has 25 heavy (non-hydrogen) atoms. The molecule has 1 saturated heterocycles. The molecule has 2 aromatic rings. The molecule has 0 atom stereocenters. The predicted molar refractivity (Wildman–Crippen MR) is 106 cm³/mol. The molecule has 1 aliphatic rings. The van der Waals surface area contributed by atoms with Crippen molar-refractivity contribution in [1.82, 2.24) is 9.88 Å². The number of rotatable bonds is 8. The molecule has 0 radical (unpaired) electrons. The van der Waals surface area contributed by atoms with Crippen molar-refractivity contribution >= 4 is 16.5 Å². The van der Waals surface area contributed by atoms with Gasteiger partial charge in [-0.25, -0.2) is 4.98 Å². The Morgan fingerprint density at radius 1 is 1.20 bits per heavy atom. The molecule has 5 heteroatoms. The van der Waals surface area contributed by atoms with Gasteiger partial charge in [0.25, 0.3) is 0 Å². The van der Waals surface area contributed by atoms with Gasteiger partial charge < -0.3 is 10.1 Å². The van der Waals surface area contributed by atoms with Gasteiger partial charge in [0.2, 0.25) is 0 Å². The molecule has 0 amide bonds. The summed E-state index contributed by atoms with van der Waals surface area (Å²) >= 11 is 1.72. The largest absolute Gasteiger partial charge is 0.494 e. The van der Waals surface area contributed by atoms with E-state index in [4.69, 9.17) is 4.74 Å². The van der Waals surface area contributed by atoms with E-state index in [-0.39, 0.29) is 0 Å². The molecule has 0 saturated carbocycles. The van der Waals surface area contributed by atoms with Crippen molar-refractivity contribution in [3.8, 4) is 5.75 Å². The zero-order valence-electron chi connectivity index (χ0n) is 15.4. The smallest absolute Gasteiger partial charge is 0.183 e. The van der Waals surface area contributed by atoms with E-state index in [1.165, 1.54) is 42.8 Å². The van der Waals surface area contributed by atoms with Gasteiger partial charge in [0.05, 0.1) is 12.3 Å². The lowest BCUT2D eigenvalue weighted by molar-refractivity contribution is 0.220. The molecule has 0 spiro atoms. The molecule has 0 bridgehead atoms. The number of benzene rings is 1. The minimum Gasteiger partial charge on any atom is -0.494 e. The summed E-state index contributed by atoms with van der Waals surface area (Å²) in [4.78, 5) is 8.32. The number of likely N-dealkylation sites (tertiary alicyclic amines) is 1. The van der Waals surface area contributed by atoms with Crippen LogP contribution in [0.15, 0.2) is 24.3 Å². The summed E-state index contributed by atoms with van der Waals surface area (Å²) in [5.74, 6) is 0.982. The highest BCUT2D eigenvalue weighted by molar-refractivity contribution is 7.15. The topological polar surface area (TPSA) is 37.4 Å². The van der Waals surface area contributed by atoms with E-state index in [1.807, 2.05) is 0 Å². The summed E-state index contributed by atoms with van der Waals surface area (Å²) in [7, 11) is 0. The van der Waals surface area contributed by atoms with Crippen LogP contribution in [0.3, 0.4) is 0 Å². The highest BCUT2D eigenvalue weighted by atomic mass is 32.1. The third-order valence-corrected chi connectivity index (χ3v) is 5.68. The van der Waals surface area contributed by atoms with E-state index in [2.05, 4.69) is 53.3 Å². The lowest BCUT2D eigenvalue weighted by Gasteiger charge is -2.26. The summed E-state index contributed by atoms with van der Waals surface area (Å²) in [6.45, 7) is 9.28. The van der Waals surface area contributed by atoms with Gasteiger partial charge in [-0.2, -0.15) is 0 Å². The van der Waals surface area contributed by atoms with Crippen molar-refractivity contribution in [3.63, 3.8) is 0 Å². The number of ether oxygens (including phenoxy) is 1. The number of anilines is 1. The summed E-state index contributed by atoms with van der Waals surface area (Å²) in [6.07, 6.45) is 5.02. The summed E-state index contributed by atoms with van der Waals surface area (Å²) in [5, 5.41) is 4.39. The Bertz CT molecular complexity index is 645. The molecule has 1 N–H and O–H groups in total. The normalized spacial score (nSPS) is 15.3. The Morgan fingerprint density at radius 2 is 2.04 bits per heavy atom. The zero-order valence-corrected chi connectivity index (χ0v) is 16.2. The van der Waals surface area contributed by atoms with E-state index >= 15 is 0 Å². The average molecular weight is 360 g/mol. The molecular weight excluding hydrogens is 330 g/mol. The minimum atomic E-state index is 0.726. The fourth-order valence-electron chi connectivity index (χ4n) is 3.12. The van der Waals surface area contributed by atoms with Gasteiger partial charge in [-0.3, -0.25) is 4.90 Å². The van der Waals surface area contributed by atoms with Crippen LogP contribution in [0.4, 0.5) is 5.13 Å². The van der Waals surface area contributed by atoms with E-state index < -0.39 is 0 Å². The second kappa shape index (κ2) is 9.20. The fourth-order valence-corrected chi connectivity index (χ4v) is 3.96. The highest BCUT2D eigenvalue weighted by Gasteiger charge is 2.10. The van der Waals surface area contributed by atoms with Crippen LogP contribution in [-0.4, -0.2) is 36.1 Å². The second-order valence-corrected chi connectivity index (χ2v) is 7.98. The maximum Gasteiger partial charge on any atom is 0.183 e. The maximum absolute atomic E-state index is 5.93. The number of thiazole rings is 1. The molecule has 3 rings (SSSR count). The Labute approximate surface area is 155 Å². The molecular formula is C20H29N3OS. The van der Waals surface area contributed by atoms with Crippen molar-refractivity contribution < 1.29 is 4.74 Å². The van der Waals surface area contributed by atoms with Gasteiger partial charge >= 0.3 is 0 Å². The summed E-state index contributed by atoms with van der Waals surface area (Å²) < 4.78 is 5.93. The Kier molecular flexibility index (Phi) is 6.70. The number of hydrogen-bond donors (Lipinski definition) is 1. The van der Waals surface area contributed by atoms with Gasteiger partial charge in [-0.05, 0) is 63.9 Å². The van der Waals surface area contributed by atoms with E-state index in [0.717, 1.165) is 42.7 Å². The average Bonchev–Trinajstić information content (AvgIpc) is 2.94. The first-order chi connectivity index (χ1) is 12.2. The molecule has 4 nitrogen and oxygen atoms in total. The van der Waals surface area contributed by atoms with Crippen LogP contribution in [0.2, 0.25) is 0 Å². The molecule has 1 aromatic carbocycles. The van der Waals surface area contributed by atoms with E-state index in [9.17, 15) is 0 Å². The lowest BCUT2D eigenvalue weighted by atomic mass is 10.1. The first-order valence-corrected chi connectivity index (χ1v) is 10.1. The van der Waals surface area contributed by atoms with Crippen LogP contribution in [0.25, 0.3) is 0 Å². The number of piperidine rings is 1. The van der Waals surface area contributed by atoms with Crippen molar-refractivity contribution in [2.24, 2.45) is 0 Å². The summed E-state index contributed by atoms with van der Waals surface area (Å²) in [5.41, 5.74) is 2.47. The molecule has 0 unspecified atom stereocenters. The van der Waals surface area contributed by atoms with Gasteiger partial charge in [-0.1, -0.05) is 18.6 Å². The number of hydrogen-bond acceptors (Lipinski definition) is 5. The van der Waals surface area contributed by atoms with Crippen molar-refractivity contribution in [2.75, 3.05) is 31.6 Å². The van der Waals surface area contributed by atoms with Gasteiger partial charge in [0.15, 0.2) is 5.13 Å². The molecule has 136 valence electrons. The molecule has 1 aliphatic heterocycles. The van der Waals surface area contributed by atoms with Gasteiger partial charge in [-0.15, -0.1) is 11.3 Å². The predicted octanol–water partition coefficient (Wildman–Crippen LogP) is 4.63. The van der Waals surface area contributed by atoms with E-state index in [0.29, 0.717) is 0 Å². The first kappa shape index (κ1) is 18.2. The SMILES string of the molecule is Cc1nc(NCCCOc2cccc(CN3CCCCC3)c2)sc1C. The monoisotopic (exact) mass is 359 g/mol. The third kappa shape index (κ3) is 5.72. The van der Waals surface area contributed by atoms with Crippen LogP contribution < -0.4 is 10.1 Å². The van der Waals surface area contributed by atoms with Gasteiger partial charge in [0.1, 0.15) is 5.75 Å². The van der Waals surface area contributed by atoms with Crippen molar-refractivity contribution in [3.05, 3.63) is 40.4 Å². The maximum atomic E-state index is 5.93. The van der Waals surface area contributed by atoms with Crippen LogP contribution in [0.1, 0.15) is 41.8 Å². The third-order valence-electron chi connectivity index (χ3n) is 4.65. The van der Waals surface area contributed by atoms with Gasteiger partial charge in [0, 0.05) is 18.0 Å². The molecule has 0 aliphatic carbocycles. The Morgan fingerprint density at radius 3 is 2.80 bits per heavy atom.